The molecule has 5 heteroatoms. The lowest BCUT2D eigenvalue weighted by molar-refractivity contribution is 0.0740. The smallest absolute Gasteiger partial charge is 0.272 e. The molecular formula is C12H20N4O. The van der Waals surface area contributed by atoms with Gasteiger partial charge in [-0.05, 0) is 32.4 Å². The minimum atomic E-state index is 0.0706. The predicted octanol–water partition coefficient (Wildman–Crippen LogP) is 0.634. The van der Waals surface area contributed by atoms with E-state index in [1.807, 2.05) is 11.8 Å². The normalized spacial score (nSPS) is 19.5. The molecule has 1 atom stereocenters. The van der Waals surface area contributed by atoms with Crippen molar-refractivity contribution in [3.05, 3.63) is 18.0 Å². The Morgan fingerprint density at radius 2 is 2.53 bits per heavy atom. The molecule has 2 rings (SSSR count). The van der Waals surface area contributed by atoms with Crippen LogP contribution in [0.3, 0.4) is 0 Å². The molecule has 1 saturated heterocycles. The van der Waals surface area contributed by atoms with Crippen molar-refractivity contribution < 1.29 is 4.79 Å². The van der Waals surface area contributed by atoms with E-state index in [-0.39, 0.29) is 5.91 Å². The Morgan fingerprint density at radius 1 is 1.71 bits per heavy atom. The summed E-state index contributed by atoms with van der Waals surface area (Å²) in [6.45, 7) is 4.62. The first kappa shape index (κ1) is 12.1. The van der Waals surface area contributed by atoms with E-state index in [1.54, 1.807) is 24.0 Å². The van der Waals surface area contributed by atoms with E-state index < -0.39 is 0 Å². The Balaban J connectivity index is 2.02. The van der Waals surface area contributed by atoms with Gasteiger partial charge in [0.15, 0.2) is 0 Å². The molecule has 1 aliphatic heterocycles. The van der Waals surface area contributed by atoms with Gasteiger partial charge in [0, 0.05) is 32.4 Å². The van der Waals surface area contributed by atoms with Crippen LogP contribution in [0.15, 0.2) is 12.3 Å². The van der Waals surface area contributed by atoms with Gasteiger partial charge in [-0.2, -0.15) is 5.10 Å². The van der Waals surface area contributed by atoms with Gasteiger partial charge < -0.3 is 10.2 Å². The van der Waals surface area contributed by atoms with Crippen LogP contribution in [-0.4, -0.2) is 46.3 Å². The highest BCUT2D eigenvalue weighted by atomic mass is 16.2. The van der Waals surface area contributed by atoms with Crippen molar-refractivity contribution >= 4 is 5.91 Å². The van der Waals surface area contributed by atoms with E-state index in [1.165, 1.54) is 6.42 Å². The van der Waals surface area contributed by atoms with Gasteiger partial charge in [-0.15, -0.1) is 0 Å². The summed E-state index contributed by atoms with van der Waals surface area (Å²) in [4.78, 5) is 14.2. The maximum absolute atomic E-state index is 12.3. The number of aryl methyl sites for hydroxylation is 1. The number of carbonyl (C=O) groups is 1. The maximum Gasteiger partial charge on any atom is 0.272 e. The Bertz CT molecular complexity index is 382. The number of likely N-dealkylation sites (N-methyl/N-ethyl adjacent to an activating group) is 1. The van der Waals surface area contributed by atoms with E-state index in [0.29, 0.717) is 11.7 Å². The Labute approximate surface area is 102 Å². The molecule has 0 aromatic carbocycles. The third-order valence-electron chi connectivity index (χ3n) is 3.31. The summed E-state index contributed by atoms with van der Waals surface area (Å²) in [6, 6.07) is 2.22. The van der Waals surface area contributed by atoms with Crippen LogP contribution < -0.4 is 5.32 Å². The number of hydrogen-bond donors (Lipinski definition) is 1. The maximum atomic E-state index is 12.3. The highest BCUT2D eigenvalue weighted by molar-refractivity contribution is 5.92. The number of rotatable bonds is 4. The summed E-state index contributed by atoms with van der Waals surface area (Å²) in [5, 5.41) is 7.46. The second-order valence-electron chi connectivity index (χ2n) is 4.48. The Morgan fingerprint density at radius 3 is 3.06 bits per heavy atom. The lowest BCUT2D eigenvalue weighted by Gasteiger charge is -2.24. The zero-order chi connectivity index (χ0) is 12.3. The van der Waals surface area contributed by atoms with Crippen molar-refractivity contribution in [2.24, 2.45) is 7.05 Å². The van der Waals surface area contributed by atoms with Crippen LogP contribution in [-0.2, 0) is 7.05 Å². The van der Waals surface area contributed by atoms with E-state index in [4.69, 9.17) is 0 Å². The molecule has 1 aliphatic rings. The number of amides is 1. The quantitative estimate of drug-likeness (QED) is 0.834. The Hall–Kier alpha value is -1.36. The fourth-order valence-electron chi connectivity index (χ4n) is 2.28. The van der Waals surface area contributed by atoms with E-state index in [0.717, 1.165) is 26.1 Å². The van der Waals surface area contributed by atoms with Crippen LogP contribution in [0, 0.1) is 0 Å². The van der Waals surface area contributed by atoms with Gasteiger partial charge in [0.25, 0.3) is 5.91 Å². The first-order valence-corrected chi connectivity index (χ1v) is 6.23. The van der Waals surface area contributed by atoms with Gasteiger partial charge >= 0.3 is 0 Å². The fraction of sp³-hybridized carbons (Fsp3) is 0.667. The number of aromatic nitrogens is 2. The third kappa shape index (κ3) is 2.66. The van der Waals surface area contributed by atoms with Gasteiger partial charge in [0.05, 0.1) is 0 Å². The summed E-state index contributed by atoms with van der Waals surface area (Å²) >= 11 is 0. The van der Waals surface area contributed by atoms with Crippen molar-refractivity contribution in [1.29, 1.82) is 0 Å². The van der Waals surface area contributed by atoms with Crippen LogP contribution in [0.25, 0.3) is 0 Å². The lowest BCUT2D eigenvalue weighted by atomic mass is 10.2. The van der Waals surface area contributed by atoms with E-state index in [2.05, 4.69) is 10.4 Å². The summed E-state index contributed by atoms with van der Waals surface area (Å²) in [5.74, 6) is 0.0706. The van der Waals surface area contributed by atoms with Gasteiger partial charge in [0.1, 0.15) is 5.69 Å². The number of nitrogens with one attached hydrogen (secondary N) is 1. The summed E-state index contributed by atoms with van der Waals surface area (Å²) in [7, 11) is 1.80. The fourth-order valence-corrected chi connectivity index (χ4v) is 2.28. The molecule has 0 aliphatic carbocycles. The second-order valence-corrected chi connectivity index (χ2v) is 4.48. The lowest BCUT2D eigenvalue weighted by Crippen LogP contribution is -2.41. The predicted molar refractivity (Wildman–Crippen MR) is 65.8 cm³/mol. The first-order valence-electron chi connectivity index (χ1n) is 6.23. The van der Waals surface area contributed by atoms with Crippen molar-refractivity contribution in [2.75, 3.05) is 19.6 Å². The zero-order valence-corrected chi connectivity index (χ0v) is 10.5. The molecule has 1 unspecified atom stereocenters. The summed E-state index contributed by atoms with van der Waals surface area (Å²) in [6.07, 6.45) is 4.03. The molecule has 0 radical (unpaired) electrons. The van der Waals surface area contributed by atoms with Crippen molar-refractivity contribution in [3.63, 3.8) is 0 Å². The molecular weight excluding hydrogens is 216 g/mol. The van der Waals surface area contributed by atoms with Gasteiger partial charge in [-0.3, -0.25) is 9.48 Å². The molecule has 1 aromatic heterocycles. The molecule has 0 spiro atoms. The van der Waals surface area contributed by atoms with Gasteiger partial charge in [-0.25, -0.2) is 0 Å². The molecule has 94 valence electrons. The second kappa shape index (κ2) is 5.31. The molecule has 1 fully saturated rings. The summed E-state index contributed by atoms with van der Waals surface area (Å²) < 4.78 is 1.63. The van der Waals surface area contributed by atoms with Crippen molar-refractivity contribution in [2.45, 2.75) is 25.8 Å². The minimum Gasteiger partial charge on any atom is -0.336 e. The Kier molecular flexibility index (Phi) is 3.78. The molecule has 17 heavy (non-hydrogen) atoms. The molecule has 2 heterocycles. The van der Waals surface area contributed by atoms with Crippen LogP contribution in [0.4, 0.5) is 0 Å². The largest absolute Gasteiger partial charge is 0.336 e. The molecule has 5 nitrogen and oxygen atoms in total. The highest BCUT2D eigenvalue weighted by Gasteiger charge is 2.22. The van der Waals surface area contributed by atoms with Crippen molar-refractivity contribution in [3.8, 4) is 0 Å². The molecule has 1 amide bonds. The van der Waals surface area contributed by atoms with Crippen LogP contribution in [0.2, 0.25) is 0 Å². The average Bonchev–Trinajstić information content (AvgIpc) is 2.96. The zero-order valence-electron chi connectivity index (χ0n) is 10.5. The minimum absolute atomic E-state index is 0.0706. The first-order chi connectivity index (χ1) is 8.22. The average molecular weight is 236 g/mol. The number of hydrogen-bond acceptors (Lipinski definition) is 3. The molecule has 0 saturated carbocycles. The molecule has 1 aromatic rings. The summed E-state index contributed by atoms with van der Waals surface area (Å²) in [5.41, 5.74) is 0.657. The number of nitrogens with zero attached hydrogens (tertiary/aromatic N) is 3. The highest BCUT2D eigenvalue weighted by Crippen LogP contribution is 2.09. The van der Waals surface area contributed by atoms with Crippen LogP contribution in [0.5, 0.6) is 0 Å². The van der Waals surface area contributed by atoms with E-state index in [9.17, 15) is 4.79 Å². The van der Waals surface area contributed by atoms with E-state index >= 15 is 0 Å². The van der Waals surface area contributed by atoms with Crippen LogP contribution in [0.1, 0.15) is 30.3 Å². The number of carbonyl (C=O) groups excluding carboxylic acids is 1. The monoisotopic (exact) mass is 236 g/mol. The topological polar surface area (TPSA) is 50.2 Å². The van der Waals surface area contributed by atoms with Gasteiger partial charge in [-0.1, -0.05) is 0 Å². The van der Waals surface area contributed by atoms with Crippen LogP contribution >= 0.6 is 0 Å². The molecule has 0 bridgehead atoms. The van der Waals surface area contributed by atoms with Gasteiger partial charge in [0.2, 0.25) is 0 Å². The van der Waals surface area contributed by atoms with Crippen molar-refractivity contribution in [1.82, 2.24) is 20.0 Å². The third-order valence-corrected chi connectivity index (χ3v) is 3.31. The SMILES string of the molecule is CCN(CC1CCCN1)C(=O)c1ccnn1C. The molecule has 1 N–H and O–H groups in total. The standard InChI is InChI=1S/C12H20N4O/c1-3-16(9-10-5-4-7-13-10)12(17)11-6-8-14-15(11)2/h6,8,10,13H,3-5,7,9H2,1-2H3.